The number of aromatic nitrogens is 12. The summed E-state index contributed by atoms with van der Waals surface area (Å²) in [6.07, 6.45) is -9.32. The van der Waals surface area contributed by atoms with E-state index in [9.17, 15) is 121 Å². The summed E-state index contributed by atoms with van der Waals surface area (Å²) in [7, 11) is 10.3. The third kappa shape index (κ3) is 25.7. The molecule has 6 atom stereocenters. The number of rotatable bonds is 55. The lowest BCUT2D eigenvalue weighted by molar-refractivity contribution is -0.150. The van der Waals surface area contributed by atoms with Crippen LogP contribution in [0.25, 0.3) is 0 Å². The zero-order chi connectivity index (χ0) is 98.4. The molecule has 4 aliphatic heterocycles. The lowest BCUT2D eigenvalue weighted by Gasteiger charge is -2.28. The molecule has 61 nitrogen and oxygen atoms in total. The Morgan fingerprint density at radius 2 is 0.481 bits per heavy atom. The van der Waals surface area contributed by atoms with E-state index in [2.05, 4.69) is 9.47 Å². The predicted octanol–water partition coefficient (Wildman–Crippen LogP) is -12.9. The van der Waals surface area contributed by atoms with Crippen LogP contribution in [0.15, 0.2) is 57.5 Å². The van der Waals surface area contributed by atoms with E-state index in [0.29, 0.717) is 54.8 Å². The summed E-state index contributed by atoms with van der Waals surface area (Å²) < 4.78 is 78.3. The third-order valence-electron chi connectivity index (χ3n) is 20.3. The summed E-state index contributed by atoms with van der Waals surface area (Å²) in [5.74, 6) is -5.58. The molecular formula is C72H108N20O41. The molecule has 8 rings (SSSR count). The predicted molar refractivity (Wildman–Crippen MR) is 436 cm³/mol. The molecule has 0 saturated carbocycles. The number of carbonyl (C=O) groups is 10. The molecular weight excluding hydrogens is 1800 g/mol. The minimum atomic E-state index is -1.38. The summed E-state index contributed by atoms with van der Waals surface area (Å²) >= 11 is 0. The van der Waals surface area contributed by atoms with Gasteiger partial charge in [0.05, 0.1) is 132 Å². The molecule has 4 aliphatic rings. The van der Waals surface area contributed by atoms with Gasteiger partial charge in [-0.15, -0.1) is 0 Å². The molecule has 5 N–H and O–H groups in total. The quantitative estimate of drug-likeness (QED) is 0.0156. The van der Waals surface area contributed by atoms with Crippen molar-refractivity contribution in [3.8, 4) is 0 Å². The molecule has 4 saturated heterocycles. The molecule has 0 aromatic carbocycles. The average molecular weight is 1910 g/mol. The van der Waals surface area contributed by atoms with Crippen LogP contribution >= 0.6 is 0 Å². The van der Waals surface area contributed by atoms with Crippen molar-refractivity contribution < 1.29 is 140 Å². The van der Waals surface area contributed by atoms with Crippen LogP contribution in [0.1, 0.15) is 45.4 Å². The number of nitrogens with zero attached hydrogens (tertiary/aromatic N) is 20. The number of urea groups is 4. The highest BCUT2D eigenvalue weighted by Crippen LogP contribution is 2.36. The number of esters is 6. The second-order valence-electron chi connectivity index (χ2n) is 28.9. The van der Waals surface area contributed by atoms with Crippen LogP contribution in [0.4, 0.5) is 19.2 Å². The number of amides is 8. The fourth-order valence-corrected chi connectivity index (χ4v) is 14.0. The third-order valence-corrected chi connectivity index (χ3v) is 20.3. The second kappa shape index (κ2) is 51.2. The zero-order valence-corrected chi connectivity index (χ0v) is 74.1. The van der Waals surface area contributed by atoms with Crippen LogP contribution in [0.5, 0.6) is 0 Å². The van der Waals surface area contributed by atoms with Crippen molar-refractivity contribution >= 4 is 59.9 Å². The molecule has 4 fully saturated rings. The SMILES string of the molecule is COCN1C(=O)N(COC)C2C1N(COC)C(=O)N2COCCn1c(=O)n(CCO)c(=O)n(CCOC(=O)CCn2c(=O)n(CCC(=O)OC)c(=O)n(CCC(=O)OC(C)CO)c2=O)c1=O.COCN1C(=O)N(COC)C2C1N(COC)C(=O)N2COCCn1c(=O)n(CCO)c(=O)n(CCOC(=O)CCn2c(=O)n(CCC(=O)OC)c(=O)n(CCC(=O)OCC(O)CO)c2=O)c1=O. The van der Waals surface area contributed by atoms with E-state index < -0.39 is 355 Å². The Kier molecular flexibility index (Phi) is 41.2. The fraction of sp³-hybridized carbons (Fsp3) is 0.694. The van der Waals surface area contributed by atoms with Crippen LogP contribution < -0.4 is 68.3 Å². The van der Waals surface area contributed by atoms with Gasteiger partial charge in [0.1, 0.15) is 85.9 Å². The summed E-state index contributed by atoms with van der Waals surface area (Å²) in [5, 5.41) is 46.7. The van der Waals surface area contributed by atoms with Gasteiger partial charge in [-0.2, -0.15) is 0 Å². The number of fused-ring (bicyclic) bond motifs is 2. The number of carbonyl (C=O) groups excluding carboxylic acids is 10. The molecule has 0 radical (unpaired) electrons. The van der Waals surface area contributed by atoms with Gasteiger partial charge in [-0.25, -0.2) is 132 Å². The maximum absolute atomic E-state index is 13.5. The van der Waals surface area contributed by atoms with Gasteiger partial charge in [-0.1, -0.05) is 0 Å². The smallest absolute Gasteiger partial charge is 0.336 e. The van der Waals surface area contributed by atoms with Gasteiger partial charge in [0, 0.05) is 81.9 Å². The van der Waals surface area contributed by atoms with Gasteiger partial charge in [-0.05, 0) is 6.92 Å². The van der Waals surface area contributed by atoms with Crippen molar-refractivity contribution in [1.29, 1.82) is 0 Å². The minimum Gasteiger partial charge on any atom is -0.469 e. The van der Waals surface area contributed by atoms with E-state index in [-0.39, 0.29) is 40.4 Å². The van der Waals surface area contributed by atoms with Crippen molar-refractivity contribution in [3.63, 3.8) is 0 Å². The van der Waals surface area contributed by atoms with Gasteiger partial charge in [0.25, 0.3) is 0 Å². The Morgan fingerprint density at radius 3 is 0.707 bits per heavy atom. The molecule has 8 amide bonds. The number of hydrogen-bond acceptors (Lipinski definition) is 41. The first kappa shape index (κ1) is 107. The molecule has 0 spiro atoms. The molecule has 133 heavy (non-hydrogen) atoms. The number of aliphatic hydroxyl groups is 5. The molecule has 4 aromatic rings. The summed E-state index contributed by atoms with van der Waals surface area (Å²) in [4.78, 5) is 297. The van der Waals surface area contributed by atoms with Crippen molar-refractivity contribution in [2.45, 2.75) is 161 Å². The summed E-state index contributed by atoms with van der Waals surface area (Å²) in [6, 6.07) is -2.18. The number of aliphatic hydroxyl groups excluding tert-OH is 5. The maximum Gasteiger partial charge on any atom is 0.336 e. The average Bonchev–Trinajstić information content (AvgIpc) is 1.58. The molecule has 742 valence electrons. The van der Waals surface area contributed by atoms with Crippen molar-refractivity contribution in [1.82, 2.24) is 94.0 Å². The van der Waals surface area contributed by atoms with Gasteiger partial charge < -0.3 is 91.8 Å². The normalized spacial score (nSPS) is 16.3. The number of hydrogen-bond donors (Lipinski definition) is 5. The maximum atomic E-state index is 13.5. The van der Waals surface area contributed by atoms with Gasteiger partial charge in [0.15, 0.2) is 24.7 Å². The number of methoxy groups -OCH3 is 8. The van der Waals surface area contributed by atoms with Crippen LogP contribution in [0.2, 0.25) is 0 Å². The lowest BCUT2D eigenvalue weighted by atomic mass is 10.3. The van der Waals surface area contributed by atoms with Crippen LogP contribution in [0, 0.1) is 0 Å². The summed E-state index contributed by atoms with van der Waals surface area (Å²) in [5.41, 5.74) is -14.1. The Hall–Kier alpha value is -13.0. The first-order valence-electron chi connectivity index (χ1n) is 40.6. The molecule has 61 heteroatoms. The molecule has 6 unspecified atom stereocenters. The first-order chi connectivity index (χ1) is 63.5. The highest BCUT2D eigenvalue weighted by molar-refractivity contribution is 5.86. The van der Waals surface area contributed by atoms with E-state index in [1.165, 1.54) is 88.8 Å². The molecule has 4 aromatic heterocycles. The van der Waals surface area contributed by atoms with Crippen molar-refractivity contribution in [2.24, 2.45) is 0 Å². The lowest BCUT2D eigenvalue weighted by Crippen LogP contribution is -2.55. The molecule has 8 heterocycles. The van der Waals surface area contributed by atoms with E-state index >= 15 is 0 Å². The van der Waals surface area contributed by atoms with Crippen molar-refractivity contribution in [2.75, 3.05) is 170 Å². The fourth-order valence-electron chi connectivity index (χ4n) is 14.0. The van der Waals surface area contributed by atoms with Crippen molar-refractivity contribution in [3.05, 3.63) is 126 Å². The van der Waals surface area contributed by atoms with Crippen LogP contribution in [-0.4, -0.2) is 387 Å². The van der Waals surface area contributed by atoms with Crippen LogP contribution in [-0.2, 0) is 174 Å². The molecule has 0 bridgehead atoms. The van der Waals surface area contributed by atoms with E-state index in [1.54, 1.807) is 0 Å². The Morgan fingerprint density at radius 1 is 0.271 bits per heavy atom. The minimum absolute atomic E-state index is 0.169. The highest BCUT2D eigenvalue weighted by Gasteiger charge is 2.61. The van der Waals surface area contributed by atoms with Gasteiger partial charge >= 0.3 is 128 Å². The Balaban J connectivity index is 0.000000363. The van der Waals surface area contributed by atoms with E-state index in [0.717, 1.165) is 14.2 Å². The summed E-state index contributed by atoms with van der Waals surface area (Å²) in [6.45, 7) is -12.9. The highest BCUT2D eigenvalue weighted by atomic mass is 16.6. The van der Waals surface area contributed by atoms with Gasteiger partial charge in [-0.3, -0.25) is 68.0 Å². The largest absolute Gasteiger partial charge is 0.469 e. The zero-order valence-electron chi connectivity index (χ0n) is 74.1. The first-order valence-corrected chi connectivity index (χ1v) is 40.6. The molecule has 0 aliphatic carbocycles. The Labute approximate surface area is 748 Å². The van der Waals surface area contributed by atoms with E-state index in [1.807, 2.05) is 0 Å². The number of ether oxygens (including phenoxy) is 14. The Bertz CT molecular complexity index is 5550. The second-order valence-corrected chi connectivity index (χ2v) is 28.9. The monoisotopic (exact) mass is 1910 g/mol. The standard InChI is InChI=1S/C36H54N10O21.C36H54N10O20/c1-61-19-43-27-28(45(21-63-3)35(43)59)46(36(60)44(27)20-62-2)22-65-15-12-41-32(56)40(11-14-47)33(57)42(34(41)58)13-16-66-25(51)6-9-38-29(53)37(8-5-24(50)64-4)30(54)39(31(38)55)10-7-26(52)67-18-23(49)17-48;1-23(18-48)66-26(51)8-11-39-30(53)37(9-6-24(49)63-5)29(52)38(31(39)54)10-7-25(50)65-17-14-42-33(56)40(12-15-47)32(55)41(34(42)57)13-16-64-22-46-28-27(44(20-61-3)36(46)59)43(19-60-2)35(58)45(28)21-62-4/h23,27-28,47-49H,5-22H2,1-4H3;23,27-28,47-48H,6-22H2,1-5H3. The van der Waals surface area contributed by atoms with E-state index in [4.69, 9.17) is 67.1 Å². The van der Waals surface area contributed by atoms with Crippen LogP contribution in [0.3, 0.4) is 0 Å². The van der Waals surface area contributed by atoms with Gasteiger partial charge in [0.2, 0.25) is 0 Å². The topological polar surface area (TPSA) is 691 Å².